The average molecular weight is 457 g/mol. The molecule has 4 N–H and O–H groups in total. The minimum absolute atomic E-state index is 0.102. The molecule has 0 aliphatic carbocycles. The number of carbonyl (C=O) groups excluding carboxylic acids is 1. The van der Waals surface area contributed by atoms with Crippen molar-refractivity contribution >= 4 is 11.6 Å². The number of rotatable bonds is 9. The van der Waals surface area contributed by atoms with Crippen LogP contribution in [0.2, 0.25) is 0 Å². The number of amides is 1. The largest absolute Gasteiger partial charge is 0.495 e. The summed E-state index contributed by atoms with van der Waals surface area (Å²) < 4.78 is 23.4. The Balaban J connectivity index is 2.06. The number of carbonyl (C=O) groups is 1. The van der Waals surface area contributed by atoms with Crippen molar-refractivity contribution in [3.8, 4) is 39.9 Å². The van der Waals surface area contributed by atoms with Crippen molar-refractivity contribution in [2.24, 2.45) is 5.92 Å². The van der Waals surface area contributed by atoms with E-state index in [1.807, 2.05) is 26.0 Å². The maximum atomic E-state index is 12.6. The summed E-state index contributed by atoms with van der Waals surface area (Å²) in [6.07, 6.45) is 1.63. The second kappa shape index (κ2) is 10.2. The van der Waals surface area contributed by atoms with Gasteiger partial charge in [0.1, 0.15) is 5.75 Å². The molecule has 3 rings (SSSR count). The van der Waals surface area contributed by atoms with Gasteiger partial charge >= 0.3 is 0 Å². The smallest absolute Gasteiger partial charge is 0.282 e. The molecule has 3 aromatic rings. The van der Waals surface area contributed by atoms with Crippen molar-refractivity contribution in [2.75, 3.05) is 33.8 Å². The molecule has 33 heavy (non-hydrogen) atoms. The monoisotopic (exact) mass is 456 g/mol. The van der Waals surface area contributed by atoms with Crippen LogP contribution >= 0.6 is 0 Å². The van der Waals surface area contributed by atoms with Gasteiger partial charge in [0.2, 0.25) is 5.75 Å². The van der Waals surface area contributed by atoms with Crippen LogP contribution in [0.3, 0.4) is 0 Å². The fourth-order valence-corrected chi connectivity index (χ4v) is 3.31. The van der Waals surface area contributed by atoms with Gasteiger partial charge in [0.05, 0.1) is 51.7 Å². The Labute approximate surface area is 192 Å². The van der Waals surface area contributed by atoms with Crippen LogP contribution in [0.15, 0.2) is 36.5 Å². The van der Waals surface area contributed by atoms with E-state index in [4.69, 9.17) is 18.9 Å². The average Bonchev–Trinajstić information content (AvgIpc) is 3.32. The molecule has 1 amide bonds. The number of hydrogen-bond donors (Lipinski definition) is 2. The fourth-order valence-electron chi connectivity index (χ4n) is 3.31. The molecule has 0 radical (unpaired) electrons. The van der Waals surface area contributed by atoms with Crippen LogP contribution in [0.5, 0.6) is 23.0 Å². The van der Waals surface area contributed by atoms with Crippen LogP contribution in [0.25, 0.3) is 16.9 Å². The van der Waals surface area contributed by atoms with E-state index in [9.17, 15) is 4.79 Å². The van der Waals surface area contributed by atoms with E-state index < -0.39 is 6.04 Å². The Morgan fingerprint density at radius 2 is 1.61 bits per heavy atom. The van der Waals surface area contributed by atoms with E-state index in [1.165, 1.54) is 0 Å². The molecule has 1 aromatic heterocycles. The normalized spacial score (nSPS) is 11.8. The van der Waals surface area contributed by atoms with Crippen LogP contribution in [0.4, 0.5) is 5.69 Å². The van der Waals surface area contributed by atoms with Crippen molar-refractivity contribution in [1.29, 1.82) is 0 Å². The van der Waals surface area contributed by atoms with Gasteiger partial charge in [-0.15, -0.1) is 5.10 Å². The standard InChI is InChI=1S/C23H29N5O5/c1-13(2)21(24)23(29)26-16-9-14(7-8-18(16)30-3)17-12-25-27-28(17)15-10-19(31-4)22(33-6)20(11-15)32-5/h7-13,21H,24H2,1-6H3,(H,26,29)/p+1. The van der Waals surface area contributed by atoms with Gasteiger partial charge in [0.15, 0.2) is 17.5 Å². The van der Waals surface area contributed by atoms with E-state index >= 15 is 0 Å². The number of nitrogens with one attached hydrogen (secondary N) is 1. The molecule has 1 unspecified atom stereocenters. The van der Waals surface area contributed by atoms with Crippen LogP contribution in [0.1, 0.15) is 13.8 Å². The number of ether oxygens (including phenoxy) is 4. The van der Waals surface area contributed by atoms with Crippen LogP contribution in [-0.2, 0) is 4.79 Å². The summed E-state index contributed by atoms with van der Waals surface area (Å²) in [5.41, 5.74) is 6.61. The highest BCUT2D eigenvalue weighted by molar-refractivity contribution is 5.96. The minimum atomic E-state index is -0.398. The van der Waals surface area contributed by atoms with Crippen LogP contribution < -0.4 is 30.0 Å². The molecule has 0 saturated carbocycles. The Kier molecular flexibility index (Phi) is 7.39. The van der Waals surface area contributed by atoms with E-state index in [0.717, 1.165) is 5.56 Å². The third-order valence-electron chi connectivity index (χ3n) is 5.34. The zero-order valence-electron chi connectivity index (χ0n) is 19.7. The van der Waals surface area contributed by atoms with Gasteiger partial charge < -0.3 is 30.0 Å². The van der Waals surface area contributed by atoms with E-state index in [-0.39, 0.29) is 11.8 Å². The van der Waals surface area contributed by atoms with Crippen molar-refractivity contribution in [2.45, 2.75) is 19.9 Å². The first-order valence-electron chi connectivity index (χ1n) is 10.4. The highest BCUT2D eigenvalue weighted by atomic mass is 16.5. The number of quaternary nitrogens is 1. The van der Waals surface area contributed by atoms with Crippen LogP contribution in [0, 0.1) is 5.92 Å². The van der Waals surface area contributed by atoms with Crippen LogP contribution in [-0.4, -0.2) is 55.4 Å². The number of hydrogen-bond acceptors (Lipinski definition) is 7. The summed E-state index contributed by atoms with van der Waals surface area (Å²) in [5, 5.41) is 11.2. The third-order valence-corrected chi connectivity index (χ3v) is 5.34. The summed E-state index contributed by atoms with van der Waals surface area (Å²) in [7, 11) is 6.20. The number of nitrogens with zero attached hydrogens (tertiary/aromatic N) is 3. The fraction of sp³-hybridized carbons (Fsp3) is 0.348. The molecule has 1 heterocycles. The van der Waals surface area contributed by atoms with E-state index in [0.29, 0.717) is 40.1 Å². The van der Waals surface area contributed by atoms with Crippen molar-refractivity contribution in [3.63, 3.8) is 0 Å². The molecule has 0 fully saturated rings. The van der Waals surface area contributed by atoms with Crippen molar-refractivity contribution in [3.05, 3.63) is 36.5 Å². The molecule has 10 heteroatoms. The SMILES string of the molecule is COc1ccc(-c2cnnn2-c2cc(OC)c(OC)c(OC)c2)cc1NC(=O)C([NH3+])C(C)C. The number of anilines is 1. The lowest BCUT2D eigenvalue weighted by molar-refractivity contribution is -0.412. The maximum absolute atomic E-state index is 12.6. The molecule has 0 aliphatic rings. The van der Waals surface area contributed by atoms with E-state index in [1.54, 1.807) is 57.5 Å². The lowest BCUT2D eigenvalue weighted by atomic mass is 10.0. The van der Waals surface area contributed by atoms with Gasteiger partial charge in [-0.2, -0.15) is 0 Å². The number of benzene rings is 2. The quantitative estimate of drug-likeness (QED) is 0.506. The Morgan fingerprint density at radius 1 is 0.970 bits per heavy atom. The first-order valence-corrected chi connectivity index (χ1v) is 10.4. The van der Waals surface area contributed by atoms with Gasteiger partial charge in [0.25, 0.3) is 5.91 Å². The van der Waals surface area contributed by atoms with Gasteiger partial charge in [-0.1, -0.05) is 19.1 Å². The molecular formula is C23H30N5O5+. The summed E-state index contributed by atoms with van der Waals surface area (Å²) in [5.74, 6) is 1.92. The predicted octanol–water partition coefficient (Wildman–Crippen LogP) is 2.17. The zero-order chi connectivity index (χ0) is 24.1. The van der Waals surface area contributed by atoms with Crippen molar-refractivity contribution < 1.29 is 29.5 Å². The predicted molar refractivity (Wildman–Crippen MR) is 123 cm³/mol. The summed E-state index contributed by atoms with van der Waals surface area (Å²) in [6, 6.07) is 8.63. The first-order chi connectivity index (χ1) is 15.8. The van der Waals surface area contributed by atoms with Crippen molar-refractivity contribution in [1.82, 2.24) is 15.0 Å². The van der Waals surface area contributed by atoms with E-state index in [2.05, 4.69) is 21.4 Å². The lowest BCUT2D eigenvalue weighted by Crippen LogP contribution is -2.68. The summed E-state index contributed by atoms with van der Waals surface area (Å²) >= 11 is 0. The third kappa shape index (κ3) is 4.85. The van der Waals surface area contributed by atoms with Gasteiger partial charge in [-0.25, -0.2) is 4.68 Å². The molecule has 0 spiro atoms. The second-order valence-electron chi connectivity index (χ2n) is 7.67. The highest BCUT2D eigenvalue weighted by Crippen LogP contribution is 2.40. The second-order valence-corrected chi connectivity index (χ2v) is 7.67. The molecule has 0 bridgehead atoms. The number of aromatic nitrogens is 3. The highest BCUT2D eigenvalue weighted by Gasteiger charge is 2.23. The Hall–Kier alpha value is -3.79. The first kappa shape index (κ1) is 23.9. The Morgan fingerprint density at radius 3 is 2.15 bits per heavy atom. The summed E-state index contributed by atoms with van der Waals surface area (Å²) in [6.45, 7) is 3.90. The van der Waals surface area contributed by atoms with Gasteiger partial charge in [0, 0.05) is 23.6 Å². The molecule has 0 aliphatic heterocycles. The molecule has 10 nitrogen and oxygen atoms in total. The number of methoxy groups -OCH3 is 4. The Bertz CT molecular complexity index is 1100. The molecule has 176 valence electrons. The molecular weight excluding hydrogens is 426 g/mol. The summed E-state index contributed by atoms with van der Waals surface area (Å²) in [4.78, 5) is 12.6. The van der Waals surface area contributed by atoms with Gasteiger partial charge in [-0.05, 0) is 18.2 Å². The minimum Gasteiger partial charge on any atom is -0.495 e. The zero-order valence-corrected chi connectivity index (χ0v) is 19.7. The topological polar surface area (TPSA) is 124 Å². The maximum Gasteiger partial charge on any atom is 0.282 e. The molecule has 2 aromatic carbocycles. The molecule has 1 atom stereocenters. The molecule has 0 saturated heterocycles. The van der Waals surface area contributed by atoms with Gasteiger partial charge in [-0.3, -0.25) is 4.79 Å². The lowest BCUT2D eigenvalue weighted by Gasteiger charge is -2.16.